The maximum absolute atomic E-state index is 11.1. The van der Waals surface area contributed by atoms with E-state index in [0.717, 1.165) is 43.2 Å². The lowest BCUT2D eigenvalue weighted by Crippen LogP contribution is -2.60. The zero-order valence-corrected chi connectivity index (χ0v) is 19.3. The molecule has 1 aromatic carbocycles. The Morgan fingerprint density at radius 1 is 1.12 bits per heavy atom. The van der Waals surface area contributed by atoms with Crippen LogP contribution in [-0.4, -0.2) is 73.6 Å². The number of aryl methyl sites for hydroxylation is 1. The highest BCUT2D eigenvalue weighted by Gasteiger charge is 2.61. The second kappa shape index (κ2) is 8.37. The van der Waals surface area contributed by atoms with Crippen LogP contribution in [0, 0.1) is 29.6 Å². The molecule has 8 nitrogen and oxygen atoms in total. The minimum atomic E-state index is -1.55. The van der Waals surface area contributed by atoms with Gasteiger partial charge in [-0.1, -0.05) is 12.8 Å². The van der Waals surface area contributed by atoms with E-state index in [-0.39, 0.29) is 22.8 Å². The van der Waals surface area contributed by atoms with Crippen LogP contribution in [0.3, 0.4) is 0 Å². The van der Waals surface area contributed by atoms with Gasteiger partial charge in [-0.25, -0.2) is 0 Å². The number of terminal acetylenes is 1. The maximum atomic E-state index is 11.1. The molecular formula is C26H34O8. The lowest BCUT2D eigenvalue weighted by molar-refractivity contribution is -0.277. The Hall–Kier alpha value is -1.86. The molecule has 1 aromatic rings. The summed E-state index contributed by atoms with van der Waals surface area (Å²) in [5.74, 6) is 3.66. The van der Waals surface area contributed by atoms with E-state index in [4.69, 9.17) is 15.9 Å². The highest BCUT2D eigenvalue weighted by Crippen LogP contribution is 2.64. The third-order valence-corrected chi connectivity index (χ3v) is 9.29. The number of hydrogen-bond donors (Lipinski definition) is 6. The Kier molecular flexibility index (Phi) is 5.87. The van der Waals surface area contributed by atoms with Crippen molar-refractivity contribution in [3.63, 3.8) is 0 Å². The number of benzene rings is 1. The molecular weight excluding hydrogens is 440 g/mol. The highest BCUT2D eigenvalue weighted by atomic mass is 16.7. The van der Waals surface area contributed by atoms with Crippen LogP contribution in [0.5, 0.6) is 11.5 Å². The molecule has 2 saturated carbocycles. The average Bonchev–Trinajstić information content (AvgIpc) is 3.11. The van der Waals surface area contributed by atoms with Gasteiger partial charge in [-0.05, 0) is 79.5 Å². The van der Waals surface area contributed by atoms with Gasteiger partial charge in [0.25, 0.3) is 0 Å². The topological polar surface area (TPSA) is 140 Å². The fourth-order valence-corrected chi connectivity index (χ4v) is 7.22. The van der Waals surface area contributed by atoms with Gasteiger partial charge >= 0.3 is 0 Å². The quantitative estimate of drug-likeness (QED) is 0.354. The molecule has 10 atom stereocenters. The fraction of sp³-hybridized carbons (Fsp3) is 0.692. The molecule has 6 N–H and O–H groups in total. The van der Waals surface area contributed by atoms with E-state index in [1.165, 1.54) is 0 Å². The van der Waals surface area contributed by atoms with E-state index in [1.54, 1.807) is 12.1 Å². The van der Waals surface area contributed by atoms with Gasteiger partial charge in [-0.2, -0.15) is 0 Å². The summed E-state index contributed by atoms with van der Waals surface area (Å²) in [5, 5.41) is 61.5. The van der Waals surface area contributed by atoms with E-state index in [0.29, 0.717) is 18.3 Å². The largest absolute Gasteiger partial charge is 0.504 e. The number of phenolic OH excluding ortho intramolecular Hbond substituents is 1. The van der Waals surface area contributed by atoms with E-state index in [9.17, 15) is 30.6 Å². The molecule has 1 heterocycles. The summed E-state index contributed by atoms with van der Waals surface area (Å²) in [4.78, 5) is 0. The number of ether oxygens (including phenoxy) is 2. The fourth-order valence-electron chi connectivity index (χ4n) is 7.22. The normalized spacial score (nSPS) is 45.6. The van der Waals surface area contributed by atoms with Crippen LogP contribution >= 0.6 is 0 Å². The Morgan fingerprint density at radius 3 is 2.59 bits per heavy atom. The second-order valence-electron chi connectivity index (χ2n) is 10.7. The minimum Gasteiger partial charge on any atom is -0.504 e. The first kappa shape index (κ1) is 23.9. The van der Waals surface area contributed by atoms with Crippen LogP contribution in [0.2, 0.25) is 0 Å². The standard InChI is InChI=1S/C26H34O8/c1-3-26(32)9-7-17-15-5-4-13-10-19(18(28)11-16(13)14(15)6-8-25(17,26)2)33-24-23(31)22(30)21(29)20(12-27)34-24/h1,10-11,14-15,17,20-24,27-32H,4-9,12H2,2H3/t14-,15+,17-,20+,21+,22-,23+,24+,25-,26-/m0/s1. The number of phenols is 1. The Balaban J connectivity index is 1.39. The van der Waals surface area contributed by atoms with Crippen molar-refractivity contribution >= 4 is 0 Å². The van der Waals surface area contributed by atoms with Crippen molar-refractivity contribution in [3.05, 3.63) is 23.3 Å². The van der Waals surface area contributed by atoms with Gasteiger partial charge in [0, 0.05) is 5.41 Å². The van der Waals surface area contributed by atoms with Gasteiger partial charge < -0.3 is 40.1 Å². The van der Waals surface area contributed by atoms with E-state index < -0.39 is 42.9 Å². The smallest absolute Gasteiger partial charge is 0.229 e. The second-order valence-corrected chi connectivity index (χ2v) is 10.7. The molecule has 3 aliphatic carbocycles. The molecule has 0 radical (unpaired) electrons. The molecule has 0 unspecified atom stereocenters. The Labute approximate surface area is 199 Å². The molecule has 3 fully saturated rings. The van der Waals surface area contributed by atoms with E-state index in [2.05, 4.69) is 12.8 Å². The third-order valence-electron chi connectivity index (χ3n) is 9.29. The summed E-state index contributed by atoms with van der Waals surface area (Å²) < 4.78 is 11.1. The number of hydrogen-bond acceptors (Lipinski definition) is 8. The van der Waals surface area contributed by atoms with Crippen molar-refractivity contribution in [2.24, 2.45) is 17.3 Å². The number of aliphatic hydroxyl groups excluding tert-OH is 4. The van der Waals surface area contributed by atoms with Crippen molar-refractivity contribution in [1.29, 1.82) is 0 Å². The number of aliphatic hydroxyl groups is 5. The monoisotopic (exact) mass is 474 g/mol. The molecule has 0 amide bonds. The van der Waals surface area contributed by atoms with Crippen LogP contribution in [0.4, 0.5) is 0 Å². The van der Waals surface area contributed by atoms with E-state index >= 15 is 0 Å². The summed E-state index contributed by atoms with van der Waals surface area (Å²) in [6, 6.07) is 3.47. The molecule has 0 aromatic heterocycles. The van der Waals surface area contributed by atoms with Crippen molar-refractivity contribution in [2.45, 2.75) is 87.7 Å². The molecule has 34 heavy (non-hydrogen) atoms. The molecule has 0 spiro atoms. The summed E-state index contributed by atoms with van der Waals surface area (Å²) in [6.07, 6.45) is 3.67. The van der Waals surface area contributed by atoms with Crippen molar-refractivity contribution in [2.75, 3.05) is 6.61 Å². The van der Waals surface area contributed by atoms with Crippen LogP contribution in [0.25, 0.3) is 0 Å². The molecule has 1 saturated heterocycles. The number of fused-ring (bicyclic) bond motifs is 5. The lowest BCUT2D eigenvalue weighted by Gasteiger charge is -2.52. The third kappa shape index (κ3) is 3.37. The molecule has 1 aliphatic heterocycles. The lowest BCUT2D eigenvalue weighted by atomic mass is 9.53. The minimum absolute atomic E-state index is 0.101. The zero-order chi connectivity index (χ0) is 24.4. The number of aromatic hydroxyl groups is 1. The van der Waals surface area contributed by atoms with Gasteiger partial charge in [0.1, 0.15) is 30.0 Å². The van der Waals surface area contributed by atoms with Gasteiger partial charge in [0.05, 0.1) is 6.61 Å². The van der Waals surface area contributed by atoms with Gasteiger partial charge in [0.15, 0.2) is 11.5 Å². The first-order chi connectivity index (χ1) is 16.1. The molecule has 0 bridgehead atoms. The van der Waals surface area contributed by atoms with Crippen LogP contribution < -0.4 is 4.74 Å². The predicted molar refractivity (Wildman–Crippen MR) is 121 cm³/mol. The van der Waals surface area contributed by atoms with Crippen molar-refractivity contribution in [3.8, 4) is 23.8 Å². The summed E-state index contributed by atoms with van der Waals surface area (Å²) in [5.41, 5.74) is 0.767. The number of rotatable bonds is 3. The Bertz CT molecular complexity index is 988. The zero-order valence-electron chi connectivity index (χ0n) is 19.3. The van der Waals surface area contributed by atoms with Gasteiger partial charge in [0.2, 0.25) is 6.29 Å². The first-order valence-corrected chi connectivity index (χ1v) is 12.2. The van der Waals surface area contributed by atoms with Crippen LogP contribution in [0.1, 0.15) is 56.1 Å². The van der Waals surface area contributed by atoms with Crippen LogP contribution in [-0.2, 0) is 11.2 Å². The predicted octanol–water partition coefficient (Wildman–Crippen LogP) is 0.791. The molecule has 4 aliphatic rings. The molecule has 5 rings (SSSR count). The van der Waals surface area contributed by atoms with Crippen LogP contribution in [0.15, 0.2) is 12.1 Å². The van der Waals surface area contributed by atoms with Crippen molar-refractivity contribution in [1.82, 2.24) is 0 Å². The van der Waals surface area contributed by atoms with Gasteiger partial charge in [-0.15, -0.1) is 6.42 Å². The Morgan fingerprint density at radius 2 is 1.88 bits per heavy atom. The summed E-state index contributed by atoms with van der Waals surface area (Å²) >= 11 is 0. The molecule has 186 valence electrons. The van der Waals surface area contributed by atoms with E-state index in [1.807, 2.05) is 0 Å². The van der Waals surface area contributed by atoms with Crippen molar-refractivity contribution < 1.29 is 40.1 Å². The molecule has 8 heteroatoms. The first-order valence-electron chi connectivity index (χ1n) is 12.2. The van der Waals surface area contributed by atoms with Gasteiger partial charge in [-0.3, -0.25) is 0 Å². The SMILES string of the molecule is C#C[C@]1(O)CC[C@H]2[C@@H]3CCc4cc(O[C@@H]5O[C@H](CO)[C@@H](O)[C@H](O)[C@H]5O)c(O)cc4[C@H]3CC[C@@]21C. The maximum Gasteiger partial charge on any atom is 0.229 e. The highest BCUT2D eigenvalue weighted by molar-refractivity contribution is 5.49. The summed E-state index contributed by atoms with van der Waals surface area (Å²) in [6.45, 7) is 1.57. The average molecular weight is 475 g/mol. The summed E-state index contributed by atoms with van der Waals surface area (Å²) in [7, 11) is 0.